The number of nitriles is 1. The van der Waals surface area contributed by atoms with E-state index in [9.17, 15) is 18.4 Å². The number of rotatable bonds is 2. The molecule has 0 saturated heterocycles. The molecule has 0 spiro atoms. The van der Waals surface area contributed by atoms with Gasteiger partial charge >= 0.3 is 6.18 Å². The Balaban J connectivity index is 2.25. The largest absolute Gasteiger partial charge is 0.416 e. The van der Waals surface area contributed by atoms with Crippen LogP contribution in [0.1, 0.15) is 11.1 Å². The van der Waals surface area contributed by atoms with Gasteiger partial charge in [0.2, 0.25) is 0 Å². The summed E-state index contributed by atoms with van der Waals surface area (Å²) in [5.74, 6) is -0.0719. The number of aromatic nitrogens is 1. The number of benzene rings is 2. The zero-order chi connectivity index (χ0) is 18.9. The van der Waals surface area contributed by atoms with Crippen molar-refractivity contribution in [2.24, 2.45) is 0 Å². The molecule has 0 radical (unpaired) electrons. The lowest BCUT2D eigenvalue weighted by Crippen LogP contribution is -2.05. The van der Waals surface area contributed by atoms with Gasteiger partial charge < -0.3 is 5.73 Å². The topological polar surface area (TPSA) is 62.7 Å². The van der Waals surface area contributed by atoms with Gasteiger partial charge in [0.25, 0.3) is 0 Å². The van der Waals surface area contributed by atoms with Gasteiger partial charge in [-0.1, -0.05) is 41.9 Å². The number of hydrogen-bond acceptors (Lipinski definition) is 3. The molecule has 0 aliphatic rings. The van der Waals surface area contributed by atoms with Gasteiger partial charge in [0, 0.05) is 16.1 Å². The second-order valence-corrected chi connectivity index (χ2v) is 5.89. The Morgan fingerprint density at radius 1 is 1.00 bits per heavy atom. The summed E-state index contributed by atoms with van der Waals surface area (Å²) in [6.45, 7) is 0. The summed E-state index contributed by atoms with van der Waals surface area (Å²) in [5, 5.41) is 9.80. The van der Waals surface area contributed by atoms with Gasteiger partial charge in [-0.05, 0) is 29.8 Å². The maximum atomic E-state index is 13.0. The molecular weight excluding hydrogens is 363 g/mol. The molecule has 0 unspecified atom stereocenters. The van der Waals surface area contributed by atoms with Crippen LogP contribution in [0.3, 0.4) is 0 Å². The first-order chi connectivity index (χ1) is 12.3. The van der Waals surface area contributed by atoms with Gasteiger partial charge in [0.05, 0.1) is 11.3 Å². The normalized spacial score (nSPS) is 11.2. The van der Waals surface area contributed by atoms with E-state index in [4.69, 9.17) is 17.3 Å². The molecule has 0 fully saturated rings. The number of pyridine rings is 1. The lowest BCUT2D eigenvalue weighted by Gasteiger charge is -2.13. The molecule has 7 heteroatoms. The molecule has 0 amide bonds. The first-order valence-electron chi connectivity index (χ1n) is 7.44. The monoisotopic (exact) mass is 373 g/mol. The van der Waals surface area contributed by atoms with Crippen LogP contribution in [0.2, 0.25) is 5.02 Å². The number of nitrogen functional groups attached to an aromatic ring is 1. The van der Waals surface area contributed by atoms with E-state index in [0.717, 1.165) is 12.1 Å². The van der Waals surface area contributed by atoms with Crippen LogP contribution in [0.25, 0.3) is 22.4 Å². The van der Waals surface area contributed by atoms with Crippen molar-refractivity contribution in [1.82, 2.24) is 4.98 Å². The van der Waals surface area contributed by atoms with Gasteiger partial charge in [-0.25, -0.2) is 4.98 Å². The predicted molar refractivity (Wildman–Crippen MR) is 94.2 cm³/mol. The fourth-order valence-electron chi connectivity index (χ4n) is 2.58. The van der Waals surface area contributed by atoms with Crippen LogP contribution in [0, 0.1) is 11.3 Å². The Kier molecular flexibility index (Phi) is 4.58. The van der Waals surface area contributed by atoms with E-state index in [-0.39, 0.29) is 22.5 Å². The molecule has 130 valence electrons. The van der Waals surface area contributed by atoms with Crippen LogP contribution < -0.4 is 5.73 Å². The zero-order valence-corrected chi connectivity index (χ0v) is 13.9. The summed E-state index contributed by atoms with van der Waals surface area (Å²) >= 11 is 6.17. The van der Waals surface area contributed by atoms with Crippen LogP contribution in [0.4, 0.5) is 19.0 Å². The van der Waals surface area contributed by atoms with Crippen LogP contribution in [-0.2, 0) is 6.18 Å². The maximum Gasteiger partial charge on any atom is 0.416 e. The van der Waals surface area contributed by atoms with Crippen LogP contribution in [0.15, 0.2) is 54.6 Å². The third-order valence-electron chi connectivity index (χ3n) is 3.81. The summed E-state index contributed by atoms with van der Waals surface area (Å²) in [7, 11) is 0. The van der Waals surface area contributed by atoms with E-state index in [2.05, 4.69) is 4.98 Å². The van der Waals surface area contributed by atoms with E-state index in [1.807, 2.05) is 6.07 Å². The predicted octanol–water partition coefficient (Wildman–Crippen LogP) is 5.54. The maximum absolute atomic E-state index is 13.0. The molecule has 2 aromatic carbocycles. The number of anilines is 1. The molecular formula is C19H11ClF3N3. The van der Waals surface area contributed by atoms with E-state index in [1.165, 1.54) is 18.2 Å². The molecule has 3 aromatic rings. The average molecular weight is 374 g/mol. The van der Waals surface area contributed by atoms with E-state index in [0.29, 0.717) is 16.3 Å². The summed E-state index contributed by atoms with van der Waals surface area (Å²) in [5.41, 5.74) is 6.51. The summed E-state index contributed by atoms with van der Waals surface area (Å²) < 4.78 is 39.1. The number of nitrogens with zero attached hydrogens (tertiary/aromatic N) is 2. The van der Waals surface area contributed by atoms with Gasteiger partial charge in [0.1, 0.15) is 17.5 Å². The van der Waals surface area contributed by atoms with Crippen molar-refractivity contribution < 1.29 is 13.2 Å². The van der Waals surface area contributed by atoms with Crippen molar-refractivity contribution in [2.45, 2.75) is 6.18 Å². The molecule has 0 bridgehead atoms. The molecule has 0 saturated carbocycles. The Hall–Kier alpha value is -3.04. The number of alkyl halides is 3. The van der Waals surface area contributed by atoms with Crippen molar-refractivity contribution >= 4 is 17.4 Å². The van der Waals surface area contributed by atoms with Crippen molar-refractivity contribution in [1.29, 1.82) is 5.26 Å². The highest BCUT2D eigenvalue weighted by Crippen LogP contribution is 2.36. The Labute approximate surface area is 152 Å². The highest BCUT2D eigenvalue weighted by atomic mass is 35.5. The smallest absolute Gasteiger partial charge is 0.383 e. The molecule has 1 heterocycles. The average Bonchev–Trinajstić information content (AvgIpc) is 2.61. The minimum absolute atomic E-state index is 0.0140. The third kappa shape index (κ3) is 3.35. The summed E-state index contributed by atoms with van der Waals surface area (Å²) in [6, 6.07) is 15.0. The fraction of sp³-hybridized carbons (Fsp3) is 0.0526. The second kappa shape index (κ2) is 6.70. The highest BCUT2D eigenvalue weighted by Gasteiger charge is 2.30. The molecule has 0 atom stereocenters. The minimum atomic E-state index is -4.49. The Morgan fingerprint density at radius 3 is 2.38 bits per heavy atom. The molecule has 2 N–H and O–H groups in total. The molecule has 0 aliphatic carbocycles. The summed E-state index contributed by atoms with van der Waals surface area (Å²) in [6.07, 6.45) is -4.49. The van der Waals surface area contributed by atoms with E-state index in [1.54, 1.807) is 24.3 Å². The lowest BCUT2D eigenvalue weighted by molar-refractivity contribution is -0.137. The van der Waals surface area contributed by atoms with E-state index < -0.39 is 11.7 Å². The Morgan fingerprint density at radius 2 is 1.73 bits per heavy atom. The lowest BCUT2D eigenvalue weighted by atomic mass is 9.97. The van der Waals surface area contributed by atoms with Crippen LogP contribution in [0.5, 0.6) is 0 Å². The van der Waals surface area contributed by atoms with Crippen molar-refractivity contribution in [3.63, 3.8) is 0 Å². The first-order valence-corrected chi connectivity index (χ1v) is 7.82. The highest BCUT2D eigenvalue weighted by molar-refractivity contribution is 6.33. The van der Waals surface area contributed by atoms with Gasteiger partial charge in [-0.2, -0.15) is 18.4 Å². The fourth-order valence-corrected chi connectivity index (χ4v) is 2.81. The zero-order valence-electron chi connectivity index (χ0n) is 13.2. The van der Waals surface area contributed by atoms with Crippen molar-refractivity contribution in [3.05, 3.63) is 70.7 Å². The van der Waals surface area contributed by atoms with E-state index >= 15 is 0 Å². The quantitative estimate of drug-likeness (QED) is 0.641. The van der Waals surface area contributed by atoms with Gasteiger partial charge in [-0.15, -0.1) is 0 Å². The molecule has 3 nitrogen and oxygen atoms in total. The summed E-state index contributed by atoms with van der Waals surface area (Å²) in [4.78, 5) is 4.18. The molecule has 3 rings (SSSR count). The number of hydrogen-bond donors (Lipinski definition) is 1. The molecule has 0 aliphatic heterocycles. The van der Waals surface area contributed by atoms with Gasteiger partial charge in [-0.3, -0.25) is 0 Å². The molecule has 1 aromatic heterocycles. The van der Waals surface area contributed by atoms with Crippen LogP contribution >= 0.6 is 11.6 Å². The number of nitrogens with two attached hydrogens (primary N) is 1. The minimum Gasteiger partial charge on any atom is -0.383 e. The first kappa shape index (κ1) is 17.8. The SMILES string of the molecule is N#Cc1c(-c2cccc(C(F)(F)F)c2)cc(-c2ccccc2Cl)nc1N. The van der Waals surface area contributed by atoms with Crippen LogP contribution in [-0.4, -0.2) is 4.98 Å². The van der Waals surface area contributed by atoms with Crippen molar-refractivity contribution in [2.75, 3.05) is 5.73 Å². The van der Waals surface area contributed by atoms with Crippen molar-refractivity contribution in [3.8, 4) is 28.5 Å². The second-order valence-electron chi connectivity index (χ2n) is 5.49. The standard InChI is InChI=1S/C19H11ClF3N3/c20-16-7-2-1-6-13(16)17-9-14(15(10-24)18(25)26-17)11-4-3-5-12(8-11)19(21,22)23/h1-9H,(H2,25,26). The molecule has 26 heavy (non-hydrogen) atoms. The third-order valence-corrected chi connectivity index (χ3v) is 4.14. The van der Waals surface area contributed by atoms with Gasteiger partial charge in [0.15, 0.2) is 0 Å². The Bertz CT molecular complexity index is 1020. The number of halogens is 4.